The van der Waals surface area contributed by atoms with Crippen LogP contribution in [0.5, 0.6) is 5.75 Å². The van der Waals surface area contributed by atoms with Gasteiger partial charge in [0.15, 0.2) is 11.6 Å². The standard InChI is InChI=1S/C25H23F2N7O2/c1-33-9-13-8-25(13,11-33)24(35)31-23-19(36-3)7-18-22(30-23)21(29-12-28-18)16-10-34(2)32-20(16)15-5-4-14(26)6-17(15)27/h4-7,10,12-13H,8-9,11H2,1-3H3,(H,30,31,35). The van der Waals surface area contributed by atoms with Gasteiger partial charge in [-0.25, -0.2) is 23.7 Å². The van der Waals surface area contributed by atoms with Crippen LogP contribution >= 0.6 is 0 Å². The Kier molecular flexibility index (Phi) is 5.01. The van der Waals surface area contributed by atoms with Crippen molar-refractivity contribution in [1.29, 1.82) is 0 Å². The number of hydrogen-bond donors (Lipinski definition) is 1. The molecule has 2 unspecified atom stereocenters. The Morgan fingerprint density at radius 1 is 1.17 bits per heavy atom. The van der Waals surface area contributed by atoms with Crippen molar-refractivity contribution in [2.45, 2.75) is 6.42 Å². The first-order valence-electron chi connectivity index (χ1n) is 11.5. The Morgan fingerprint density at radius 3 is 2.72 bits per heavy atom. The van der Waals surface area contributed by atoms with Crippen LogP contribution in [0.2, 0.25) is 0 Å². The summed E-state index contributed by atoms with van der Waals surface area (Å²) in [7, 11) is 5.21. The number of piperidine rings is 1. The minimum absolute atomic E-state index is 0.0872. The summed E-state index contributed by atoms with van der Waals surface area (Å²) in [5.41, 5.74) is 1.77. The van der Waals surface area contributed by atoms with Crippen molar-refractivity contribution in [2.24, 2.45) is 18.4 Å². The summed E-state index contributed by atoms with van der Waals surface area (Å²) >= 11 is 0. The Hall–Kier alpha value is -3.99. The molecule has 3 aromatic heterocycles. The third-order valence-corrected chi connectivity index (χ3v) is 7.07. The van der Waals surface area contributed by atoms with E-state index in [2.05, 4.69) is 25.3 Å². The van der Waals surface area contributed by atoms with Crippen LogP contribution in [0.1, 0.15) is 6.42 Å². The van der Waals surface area contributed by atoms with Crippen molar-refractivity contribution in [1.82, 2.24) is 29.6 Å². The van der Waals surface area contributed by atoms with E-state index in [9.17, 15) is 13.6 Å². The molecular weight excluding hydrogens is 468 g/mol. The number of fused-ring (bicyclic) bond motifs is 2. The molecule has 1 N–H and O–H groups in total. The molecular formula is C25H23F2N7O2. The Bertz CT molecular complexity index is 1540. The molecule has 6 rings (SSSR count). The zero-order valence-corrected chi connectivity index (χ0v) is 19.9. The molecule has 0 spiro atoms. The minimum atomic E-state index is -0.740. The van der Waals surface area contributed by atoms with Gasteiger partial charge in [-0.3, -0.25) is 9.48 Å². The molecule has 1 saturated heterocycles. The summed E-state index contributed by atoms with van der Waals surface area (Å²) in [6.07, 6.45) is 3.92. The number of aromatic nitrogens is 5. The smallest absolute Gasteiger partial charge is 0.233 e. The molecule has 0 bridgehead atoms. The van der Waals surface area contributed by atoms with Gasteiger partial charge in [0.25, 0.3) is 0 Å². The van der Waals surface area contributed by atoms with Crippen LogP contribution in [0.4, 0.5) is 14.6 Å². The topological polar surface area (TPSA) is 98.1 Å². The number of methoxy groups -OCH3 is 1. The lowest BCUT2D eigenvalue weighted by molar-refractivity contribution is -0.121. The zero-order chi connectivity index (χ0) is 25.2. The zero-order valence-electron chi connectivity index (χ0n) is 19.9. The van der Waals surface area contributed by atoms with E-state index in [1.54, 1.807) is 19.3 Å². The number of rotatable bonds is 5. The lowest BCUT2D eigenvalue weighted by Gasteiger charge is -2.17. The fourth-order valence-electron chi connectivity index (χ4n) is 5.27. The van der Waals surface area contributed by atoms with Gasteiger partial charge in [0.2, 0.25) is 5.91 Å². The molecule has 1 aliphatic carbocycles. The maximum absolute atomic E-state index is 14.7. The van der Waals surface area contributed by atoms with Crippen molar-refractivity contribution in [3.05, 3.63) is 48.4 Å². The number of aryl methyl sites for hydroxylation is 1. The highest BCUT2D eigenvalue weighted by atomic mass is 19.1. The lowest BCUT2D eigenvalue weighted by atomic mass is 10.0. The van der Waals surface area contributed by atoms with Crippen molar-refractivity contribution < 1.29 is 18.3 Å². The molecule has 0 radical (unpaired) electrons. The van der Waals surface area contributed by atoms with E-state index in [0.29, 0.717) is 40.5 Å². The Labute approximate surface area is 205 Å². The molecule has 9 nitrogen and oxygen atoms in total. The summed E-state index contributed by atoms with van der Waals surface area (Å²) in [4.78, 5) is 28.8. The summed E-state index contributed by atoms with van der Waals surface area (Å²) < 4.78 is 35.2. The van der Waals surface area contributed by atoms with Crippen LogP contribution in [0, 0.1) is 23.0 Å². The number of nitrogens with one attached hydrogen (secondary N) is 1. The van der Waals surface area contributed by atoms with E-state index in [1.807, 2.05) is 7.05 Å². The highest BCUT2D eigenvalue weighted by Crippen LogP contribution is 2.58. The first-order chi connectivity index (χ1) is 17.3. The molecule has 2 fully saturated rings. The quantitative estimate of drug-likeness (QED) is 0.458. The first-order valence-corrected chi connectivity index (χ1v) is 11.5. The number of anilines is 1. The number of benzene rings is 1. The molecule has 2 atom stereocenters. The van der Waals surface area contributed by atoms with E-state index in [-0.39, 0.29) is 23.0 Å². The van der Waals surface area contributed by atoms with E-state index in [4.69, 9.17) is 9.72 Å². The fraction of sp³-hybridized carbons (Fsp3) is 0.320. The van der Waals surface area contributed by atoms with E-state index >= 15 is 0 Å². The monoisotopic (exact) mass is 491 g/mol. The first kappa shape index (κ1) is 22.5. The highest BCUT2D eigenvalue weighted by Gasteiger charge is 2.64. The second-order valence-electron chi connectivity index (χ2n) is 9.53. The molecule has 36 heavy (non-hydrogen) atoms. The van der Waals surface area contributed by atoms with Crippen molar-refractivity contribution in [2.75, 3.05) is 32.6 Å². The van der Waals surface area contributed by atoms with E-state index in [1.165, 1.54) is 30.3 Å². The largest absolute Gasteiger partial charge is 0.493 e. The average molecular weight is 492 g/mol. The van der Waals surface area contributed by atoms with Crippen LogP contribution in [-0.4, -0.2) is 62.8 Å². The fourth-order valence-corrected chi connectivity index (χ4v) is 5.27. The van der Waals surface area contributed by atoms with Crippen LogP contribution < -0.4 is 10.1 Å². The van der Waals surface area contributed by atoms with E-state index < -0.39 is 17.0 Å². The maximum Gasteiger partial charge on any atom is 0.233 e. The van der Waals surface area contributed by atoms with Gasteiger partial charge in [-0.2, -0.15) is 5.10 Å². The number of nitrogens with zero attached hydrogens (tertiary/aromatic N) is 6. The van der Waals surface area contributed by atoms with Gasteiger partial charge in [0, 0.05) is 49.6 Å². The van der Waals surface area contributed by atoms with Crippen LogP contribution in [0.15, 0.2) is 36.8 Å². The van der Waals surface area contributed by atoms with Gasteiger partial charge >= 0.3 is 0 Å². The predicted octanol–water partition coefficient (Wildman–Crippen LogP) is 3.27. The summed E-state index contributed by atoms with van der Waals surface area (Å²) in [5.74, 6) is -0.528. The Morgan fingerprint density at radius 2 is 2.00 bits per heavy atom. The number of amides is 1. The molecule has 1 aliphatic heterocycles. The van der Waals surface area contributed by atoms with E-state index in [0.717, 1.165) is 19.0 Å². The summed E-state index contributed by atoms with van der Waals surface area (Å²) in [5, 5.41) is 7.36. The predicted molar refractivity (Wildman–Crippen MR) is 128 cm³/mol. The summed E-state index contributed by atoms with van der Waals surface area (Å²) in [6.45, 7) is 1.60. The van der Waals surface area contributed by atoms with Crippen LogP contribution in [-0.2, 0) is 11.8 Å². The molecule has 4 heterocycles. The molecule has 4 aromatic rings. The molecule has 2 aliphatic rings. The number of hydrogen-bond acceptors (Lipinski definition) is 7. The van der Waals surface area contributed by atoms with Gasteiger partial charge in [-0.05, 0) is 31.5 Å². The van der Waals surface area contributed by atoms with Gasteiger partial charge < -0.3 is 15.0 Å². The average Bonchev–Trinajstić information content (AvgIpc) is 3.21. The number of carbonyl (C=O) groups is 1. The van der Waals surface area contributed by atoms with Crippen molar-refractivity contribution in [3.63, 3.8) is 0 Å². The number of ether oxygens (including phenoxy) is 1. The maximum atomic E-state index is 14.7. The third-order valence-electron chi connectivity index (χ3n) is 7.07. The van der Waals surface area contributed by atoms with Crippen LogP contribution in [0.25, 0.3) is 33.5 Å². The summed E-state index contributed by atoms with van der Waals surface area (Å²) in [6, 6.07) is 5.01. The molecule has 184 valence electrons. The number of halogens is 2. The molecule has 11 heteroatoms. The number of likely N-dealkylation sites (tertiary alicyclic amines) is 1. The normalized spacial score (nSPS) is 21.0. The lowest BCUT2D eigenvalue weighted by Crippen LogP contribution is -2.31. The minimum Gasteiger partial charge on any atom is -0.493 e. The second kappa shape index (κ2) is 8.02. The molecule has 1 amide bonds. The van der Waals surface area contributed by atoms with Gasteiger partial charge in [-0.15, -0.1) is 0 Å². The second-order valence-corrected chi connectivity index (χ2v) is 9.53. The third kappa shape index (κ3) is 3.49. The van der Waals surface area contributed by atoms with Gasteiger partial charge in [0.05, 0.1) is 18.0 Å². The highest BCUT2D eigenvalue weighted by molar-refractivity contribution is 6.01. The van der Waals surface area contributed by atoms with Crippen molar-refractivity contribution >= 4 is 22.8 Å². The van der Waals surface area contributed by atoms with Crippen molar-refractivity contribution in [3.8, 4) is 28.3 Å². The van der Waals surface area contributed by atoms with Crippen LogP contribution in [0.3, 0.4) is 0 Å². The Balaban J connectivity index is 1.46. The molecule has 1 aromatic carbocycles. The number of pyridine rings is 1. The van der Waals surface area contributed by atoms with Gasteiger partial charge in [0.1, 0.15) is 34.9 Å². The molecule has 1 saturated carbocycles. The van der Waals surface area contributed by atoms with Gasteiger partial charge in [-0.1, -0.05) is 0 Å². The number of carbonyl (C=O) groups excluding carboxylic acids is 1. The SMILES string of the molecule is COc1cc2ncnc(-c3cn(C)nc3-c3ccc(F)cc3F)c2nc1NC(=O)C12CC1CN(C)C2.